The van der Waals surface area contributed by atoms with Gasteiger partial charge < -0.3 is 25.8 Å². The summed E-state index contributed by atoms with van der Waals surface area (Å²) in [4.78, 5) is 16.1. The minimum atomic E-state index is -4.73. The lowest BCUT2D eigenvalue weighted by Gasteiger charge is -2.09. The molecule has 2 aromatic rings. The number of hydrogen-bond acceptors (Lipinski definition) is 4. The summed E-state index contributed by atoms with van der Waals surface area (Å²) in [5.41, 5.74) is 6.88. The lowest BCUT2D eigenvalue weighted by Crippen LogP contribution is -2.38. The molecule has 4 N–H and O–H groups in total. The maximum Gasteiger partial charge on any atom is 0.573 e. The van der Waals surface area contributed by atoms with Crippen LogP contribution in [0.1, 0.15) is 15.9 Å². The molecule has 11 heteroatoms. The lowest BCUT2D eigenvalue weighted by atomic mass is 10.2. The van der Waals surface area contributed by atoms with E-state index in [1.807, 2.05) is 0 Å². The van der Waals surface area contributed by atoms with E-state index in [0.29, 0.717) is 30.0 Å². The van der Waals surface area contributed by atoms with Crippen LogP contribution in [-0.4, -0.2) is 38.4 Å². The number of hydrogen-bond donors (Lipinski definition) is 3. The van der Waals surface area contributed by atoms with E-state index in [1.165, 1.54) is 31.4 Å². The summed E-state index contributed by atoms with van der Waals surface area (Å²) >= 11 is 0. The Kier molecular flexibility index (Phi) is 10.2. The standard InChI is InChI=1S/C19H21F3N4O3.HI/c1-28-16-4-2-3-14(11-16)17(27)24-9-10-25-18(23)26-12-13-5-7-15(8-6-13)29-19(20,21)22;/h2-8,11H,9-10,12H2,1H3,(H,24,27)(H3,23,25,26);1H. The molecule has 0 aliphatic heterocycles. The Morgan fingerprint density at radius 2 is 1.73 bits per heavy atom. The van der Waals surface area contributed by atoms with E-state index in [4.69, 9.17) is 10.5 Å². The third-order valence-corrected chi connectivity index (χ3v) is 3.64. The van der Waals surface area contributed by atoms with E-state index in [2.05, 4.69) is 20.4 Å². The van der Waals surface area contributed by atoms with Crippen molar-refractivity contribution in [3.63, 3.8) is 0 Å². The Labute approximate surface area is 188 Å². The fourth-order valence-electron chi connectivity index (χ4n) is 2.26. The summed E-state index contributed by atoms with van der Waals surface area (Å²) in [6.07, 6.45) is -4.73. The summed E-state index contributed by atoms with van der Waals surface area (Å²) in [5, 5.41) is 5.57. The van der Waals surface area contributed by atoms with Crippen molar-refractivity contribution in [1.29, 1.82) is 0 Å². The highest BCUT2D eigenvalue weighted by Crippen LogP contribution is 2.22. The molecular weight excluding hydrogens is 516 g/mol. The average Bonchev–Trinajstić information content (AvgIpc) is 2.69. The number of alkyl halides is 3. The molecule has 7 nitrogen and oxygen atoms in total. The Morgan fingerprint density at radius 3 is 2.37 bits per heavy atom. The topological polar surface area (TPSA) is 98.0 Å². The van der Waals surface area contributed by atoms with E-state index in [1.54, 1.807) is 24.3 Å². The molecule has 0 radical (unpaired) electrons. The van der Waals surface area contributed by atoms with Gasteiger partial charge in [0.25, 0.3) is 5.91 Å². The van der Waals surface area contributed by atoms with Crippen LogP contribution in [0.3, 0.4) is 0 Å². The van der Waals surface area contributed by atoms with Crippen molar-refractivity contribution in [3.8, 4) is 11.5 Å². The van der Waals surface area contributed by atoms with Gasteiger partial charge in [0.1, 0.15) is 11.5 Å². The first-order valence-electron chi connectivity index (χ1n) is 8.57. The van der Waals surface area contributed by atoms with E-state index < -0.39 is 6.36 Å². The molecule has 30 heavy (non-hydrogen) atoms. The molecule has 0 aliphatic carbocycles. The van der Waals surface area contributed by atoms with Crippen LogP contribution in [-0.2, 0) is 6.54 Å². The van der Waals surface area contributed by atoms with Crippen LogP contribution in [0.5, 0.6) is 11.5 Å². The zero-order valence-corrected chi connectivity index (χ0v) is 18.4. The number of nitrogens with zero attached hydrogens (tertiary/aromatic N) is 1. The number of nitrogens with two attached hydrogens (primary N) is 1. The van der Waals surface area contributed by atoms with Crippen molar-refractivity contribution in [2.75, 3.05) is 20.2 Å². The minimum Gasteiger partial charge on any atom is -0.497 e. The number of benzene rings is 2. The molecular formula is C19H22F3IN4O3. The van der Waals surface area contributed by atoms with Crippen molar-refractivity contribution in [1.82, 2.24) is 10.6 Å². The average molecular weight is 538 g/mol. The first-order valence-corrected chi connectivity index (χ1v) is 8.57. The fraction of sp³-hybridized carbons (Fsp3) is 0.263. The molecule has 1 amide bonds. The first-order chi connectivity index (χ1) is 13.8. The Morgan fingerprint density at radius 1 is 1.07 bits per heavy atom. The van der Waals surface area contributed by atoms with Crippen molar-refractivity contribution >= 4 is 35.8 Å². The quantitative estimate of drug-likeness (QED) is 0.208. The van der Waals surface area contributed by atoms with Crippen LogP contribution >= 0.6 is 24.0 Å². The summed E-state index contributed by atoms with van der Waals surface area (Å²) < 4.78 is 45.2. The molecule has 2 rings (SSSR count). The number of ether oxygens (including phenoxy) is 2. The van der Waals surface area contributed by atoms with Gasteiger partial charge >= 0.3 is 6.36 Å². The van der Waals surface area contributed by atoms with E-state index in [-0.39, 0.29) is 48.1 Å². The van der Waals surface area contributed by atoms with Crippen LogP contribution in [0.4, 0.5) is 13.2 Å². The Bertz CT molecular complexity index is 846. The molecule has 0 heterocycles. The van der Waals surface area contributed by atoms with Crippen LogP contribution in [0.25, 0.3) is 0 Å². The van der Waals surface area contributed by atoms with Crippen LogP contribution in [0.15, 0.2) is 53.5 Å². The van der Waals surface area contributed by atoms with Gasteiger partial charge in [-0.1, -0.05) is 18.2 Å². The second-order valence-electron chi connectivity index (χ2n) is 5.81. The van der Waals surface area contributed by atoms with Gasteiger partial charge in [-0.3, -0.25) is 4.79 Å². The number of carbonyl (C=O) groups excluding carboxylic acids is 1. The second-order valence-corrected chi connectivity index (χ2v) is 5.81. The number of guanidine groups is 1. The molecule has 0 aromatic heterocycles. The number of rotatable bonds is 8. The monoisotopic (exact) mass is 538 g/mol. The fourth-order valence-corrected chi connectivity index (χ4v) is 2.26. The van der Waals surface area contributed by atoms with Gasteiger partial charge in [0.2, 0.25) is 0 Å². The molecule has 0 unspecified atom stereocenters. The summed E-state index contributed by atoms with van der Waals surface area (Å²) in [6.45, 7) is 0.848. The lowest BCUT2D eigenvalue weighted by molar-refractivity contribution is -0.274. The maximum absolute atomic E-state index is 12.1. The number of aliphatic imine (C=N–C) groups is 1. The second kappa shape index (κ2) is 12.1. The summed E-state index contributed by atoms with van der Waals surface area (Å²) in [6, 6.07) is 12.1. The summed E-state index contributed by atoms with van der Waals surface area (Å²) in [5.74, 6) is 0.187. The van der Waals surface area contributed by atoms with Crippen LogP contribution < -0.4 is 25.8 Å². The zero-order chi connectivity index (χ0) is 21.3. The number of halogens is 4. The van der Waals surface area contributed by atoms with Gasteiger partial charge in [0, 0.05) is 18.7 Å². The molecule has 0 spiro atoms. The normalized spacial score (nSPS) is 11.3. The number of amides is 1. The van der Waals surface area contributed by atoms with Gasteiger partial charge in [-0.05, 0) is 35.9 Å². The molecule has 0 aliphatic rings. The zero-order valence-electron chi connectivity index (χ0n) is 16.0. The van der Waals surface area contributed by atoms with Gasteiger partial charge in [-0.2, -0.15) is 0 Å². The van der Waals surface area contributed by atoms with Gasteiger partial charge in [0.05, 0.1) is 13.7 Å². The highest BCUT2D eigenvalue weighted by Gasteiger charge is 2.30. The molecule has 0 bridgehead atoms. The van der Waals surface area contributed by atoms with Crippen LogP contribution in [0, 0.1) is 0 Å². The predicted molar refractivity (Wildman–Crippen MR) is 117 cm³/mol. The molecule has 0 fully saturated rings. The molecule has 0 saturated heterocycles. The van der Waals surface area contributed by atoms with Gasteiger partial charge in [0.15, 0.2) is 5.96 Å². The van der Waals surface area contributed by atoms with Crippen molar-refractivity contribution in [2.45, 2.75) is 12.9 Å². The largest absolute Gasteiger partial charge is 0.573 e. The molecule has 0 saturated carbocycles. The van der Waals surface area contributed by atoms with E-state index in [9.17, 15) is 18.0 Å². The highest BCUT2D eigenvalue weighted by atomic mass is 127. The number of carbonyl (C=O) groups is 1. The Hall–Kier alpha value is -2.70. The maximum atomic E-state index is 12.1. The van der Waals surface area contributed by atoms with E-state index >= 15 is 0 Å². The van der Waals surface area contributed by atoms with Crippen molar-refractivity contribution in [2.24, 2.45) is 10.7 Å². The SMILES string of the molecule is COc1cccc(C(=O)NCCNC(N)=NCc2ccc(OC(F)(F)F)cc2)c1.I. The van der Waals surface area contributed by atoms with E-state index in [0.717, 1.165) is 0 Å². The molecule has 2 aromatic carbocycles. The van der Waals surface area contributed by atoms with Gasteiger partial charge in [-0.15, -0.1) is 37.1 Å². The summed E-state index contributed by atoms with van der Waals surface area (Å²) in [7, 11) is 1.52. The third-order valence-electron chi connectivity index (χ3n) is 3.64. The molecule has 164 valence electrons. The highest BCUT2D eigenvalue weighted by molar-refractivity contribution is 14.0. The van der Waals surface area contributed by atoms with Crippen molar-refractivity contribution < 1.29 is 27.4 Å². The third kappa shape index (κ3) is 9.20. The smallest absolute Gasteiger partial charge is 0.497 e. The number of nitrogens with one attached hydrogen (secondary N) is 2. The minimum absolute atomic E-state index is 0. The Balaban J connectivity index is 0.00000450. The number of methoxy groups -OCH3 is 1. The van der Waals surface area contributed by atoms with Crippen LogP contribution in [0.2, 0.25) is 0 Å². The van der Waals surface area contributed by atoms with Crippen molar-refractivity contribution in [3.05, 3.63) is 59.7 Å². The molecule has 0 atom stereocenters. The predicted octanol–water partition coefficient (Wildman–Crippen LogP) is 3.05. The first kappa shape index (κ1) is 25.3. The van der Waals surface area contributed by atoms with Gasteiger partial charge in [-0.25, -0.2) is 4.99 Å².